The summed E-state index contributed by atoms with van der Waals surface area (Å²) in [6.07, 6.45) is 0. The fourth-order valence-corrected chi connectivity index (χ4v) is 1.70. The molecule has 14 heavy (non-hydrogen) atoms. The maximum absolute atomic E-state index is 11.4. The second-order valence-corrected chi connectivity index (χ2v) is 3.77. The van der Waals surface area contributed by atoms with E-state index in [1.807, 2.05) is 19.1 Å². The number of nitriles is 1. The van der Waals surface area contributed by atoms with Gasteiger partial charge in [0.1, 0.15) is 6.54 Å². The zero-order valence-corrected chi connectivity index (χ0v) is 9.26. The average molecular weight is 253 g/mol. The van der Waals surface area contributed by atoms with Crippen LogP contribution in [0.3, 0.4) is 0 Å². The predicted octanol–water partition coefficient (Wildman–Crippen LogP) is 2.01. The van der Waals surface area contributed by atoms with Crippen LogP contribution < -0.4 is 5.32 Å². The number of aryl methyl sites for hydroxylation is 1. The van der Waals surface area contributed by atoms with Gasteiger partial charge < -0.3 is 5.32 Å². The first-order valence-corrected chi connectivity index (χ1v) is 4.85. The lowest BCUT2D eigenvalue weighted by atomic mass is 10.1. The normalized spacial score (nSPS) is 9.21. The fraction of sp³-hybridized carbons (Fsp3) is 0.200. The molecule has 4 heteroatoms. The van der Waals surface area contributed by atoms with Crippen molar-refractivity contribution in [1.82, 2.24) is 5.32 Å². The molecule has 0 fully saturated rings. The lowest BCUT2D eigenvalue weighted by molar-refractivity contribution is 0.0958. The summed E-state index contributed by atoms with van der Waals surface area (Å²) in [6.45, 7) is 1.94. The third-order valence-corrected chi connectivity index (χ3v) is 2.09. The Balaban J connectivity index is 2.85. The average Bonchev–Trinajstić information content (AvgIpc) is 2.12. The maximum atomic E-state index is 11.4. The van der Waals surface area contributed by atoms with Crippen molar-refractivity contribution in [2.24, 2.45) is 0 Å². The minimum atomic E-state index is -0.226. The van der Waals surface area contributed by atoms with Gasteiger partial charge in [-0.05, 0) is 30.7 Å². The highest BCUT2D eigenvalue weighted by Gasteiger charge is 2.05. The summed E-state index contributed by atoms with van der Waals surface area (Å²) in [5.74, 6) is -0.226. The molecule has 0 aromatic heterocycles. The number of rotatable bonds is 2. The van der Waals surface area contributed by atoms with Crippen LogP contribution in [0.15, 0.2) is 22.7 Å². The van der Waals surface area contributed by atoms with Crippen molar-refractivity contribution in [2.45, 2.75) is 6.92 Å². The van der Waals surface area contributed by atoms with E-state index in [9.17, 15) is 4.79 Å². The van der Waals surface area contributed by atoms with E-state index < -0.39 is 0 Å². The van der Waals surface area contributed by atoms with E-state index in [1.165, 1.54) is 0 Å². The van der Waals surface area contributed by atoms with Gasteiger partial charge in [-0.2, -0.15) is 5.26 Å². The monoisotopic (exact) mass is 252 g/mol. The first-order chi connectivity index (χ1) is 6.63. The van der Waals surface area contributed by atoms with Gasteiger partial charge in [0.2, 0.25) is 0 Å². The van der Waals surface area contributed by atoms with Gasteiger partial charge in [-0.3, -0.25) is 4.79 Å². The number of hydrogen-bond donors (Lipinski definition) is 1. The molecule has 0 radical (unpaired) electrons. The number of hydrogen-bond acceptors (Lipinski definition) is 2. The SMILES string of the molecule is Cc1cc(Br)cc(C(=O)NCC#N)c1. The quantitative estimate of drug-likeness (QED) is 0.819. The van der Waals surface area contributed by atoms with Crippen molar-refractivity contribution in [1.29, 1.82) is 5.26 Å². The van der Waals surface area contributed by atoms with E-state index in [2.05, 4.69) is 21.2 Å². The molecule has 1 rings (SSSR count). The summed E-state index contributed by atoms with van der Waals surface area (Å²) in [7, 11) is 0. The van der Waals surface area contributed by atoms with Crippen molar-refractivity contribution in [3.8, 4) is 6.07 Å². The zero-order chi connectivity index (χ0) is 10.6. The van der Waals surface area contributed by atoms with Crippen LogP contribution >= 0.6 is 15.9 Å². The van der Waals surface area contributed by atoms with Crippen LogP contribution in [0.2, 0.25) is 0 Å². The van der Waals surface area contributed by atoms with Gasteiger partial charge >= 0.3 is 0 Å². The van der Waals surface area contributed by atoms with Crippen LogP contribution in [-0.2, 0) is 0 Å². The van der Waals surface area contributed by atoms with Gasteiger partial charge in [0.25, 0.3) is 5.91 Å². The molecule has 0 aliphatic carbocycles. The number of nitrogens with zero attached hydrogens (tertiary/aromatic N) is 1. The van der Waals surface area contributed by atoms with Gasteiger partial charge in [-0.15, -0.1) is 0 Å². The lowest BCUT2D eigenvalue weighted by Gasteiger charge is -2.03. The van der Waals surface area contributed by atoms with Crippen LogP contribution in [0.1, 0.15) is 15.9 Å². The Kier molecular flexibility index (Phi) is 3.66. The minimum Gasteiger partial charge on any atom is -0.339 e. The zero-order valence-electron chi connectivity index (χ0n) is 7.67. The highest BCUT2D eigenvalue weighted by atomic mass is 79.9. The molecule has 0 aliphatic heterocycles. The molecular formula is C10H9BrN2O. The molecule has 1 N–H and O–H groups in total. The van der Waals surface area contributed by atoms with Crippen LogP contribution in [-0.4, -0.2) is 12.5 Å². The second-order valence-electron chi connectivity index (χ2n) is 2.86. The fourth-order valence-electron chi connectivity index (χ4n) is 1.09. The van der Waals surface area contributed by atoms with E-state index in [-0.39, 0.29) is 12.5 Å². The Bertz CT molecular complexity index is 375. The summed E-state index contributed by atoms with van der Waals surface area (Å²) in [5.41, 5.74) is 1.56. The van der Waals surface area contributed by atoms with Gasteiger partial charge in [0.15, 0.2) is 0 Å². The van der Waals surface area contributed by atoms with E-state index in [4.69, 9.17) is 5.26 Å². The van der Waals surface area contributed by atoms with Crippen LogP contribution in [0.4, 0.5) is 0 Å². The molecule has 0 aliphatic rings. The van der Waals surface area contributed by atoms with Gasteiger partial charge in [-0.25, -0.2) is 0 Å². The molecule has 3 nitrogen and oxygen atoms in total. The van der Waals surface area contributed by atoms with Crippen LogP contribution in [0.25, 0.3) is 0 Å². The Labute approximate surface area is 90.9 Å². The van der Waals surface area contributed by atoms with E-state index in [0.717, 1.165) is 10.0 Å². The van der Waals surface area contributed by atoms with Crippen molar-refractivity contribution in [3.63, 3.8) is 0 Å². The second kappa shape index (κ2) is 4.77. The molecule has 0 atom stereocenters. The number of halogens is 1. The number of amides is 1. The van der Waals surface area contributed by atoms with Crippen molar-refractivity contribution in [3.05, 3.63) is 33.8 Å². The Morgan fingerprint density at radius 2 is 2.29 bits per heavy atom. The van der Waals surface area contributed by atoms with Crippen LogP contribution in [0, 0.1) is 18.3 Å². The smallest absolute Gasteiger partial charge is 0.252 e. The number of carbonyl (C=O) groups is 1. The van der Waals surface area contributed by atoms with Crippen molar-refractivity contribution < 1.29 is 4.79 Å². The van der Waals surface area contributed by atoms with Gasteiger partial charge in [0, 0.05) is 10.0 Å². The highest BCUT2D eigenvalue weighted by molar-refractivity contribution is 9.10. The number of nitrogens with one attached hydrogen (secondary N) is 1. The summed E-state index contributed by atoms with van der Waals surface area (Å²) in [6, 6.07) is 7.27. The molecule has 0 saturated carbocycles. The summed E-state index contributed by atoms with van der Waals surface area (Å²) < 4.78 is 0.861. The molecule has 1 aromatic carbocycles. The molecular weight excluding hydrogens is 244 g/mol. The highest BCUT2D eigenvalue weighted by Crippen LogP contribution is 2.14. The lowest BCUT2D eigenvalue weighted by Crippen LogP contribution is -2.23. The summed E-state index contributed by atoms with van der Waals surface area (Å²) in [5, 5.41) is 10.8. The van der Waals surface area contributed by atoms with Crippen LogP contribution in [0.5, 0.6) is 0 Å². The molecule has 0 heterocycles. The molecule has 1 aromatic rings. The first kappa shape index (κ1) is 10.7. The predicted molar refractivity (Wildman–Crippen MR) is 56.8 cm³/mol. The van der Waals surface area contributed by atoms with Gasteiger partial charge in [0.05, 0.1) is 6.07 Å². The third-order valence-electron chi connectivity index (χ3n) is 1.63. The molecule has 0 saturated heterocycles. The summed E-state index contributed by atoms with van der Waals surface area (Å²) in [4.78, 5) is 11.4. The van der Waals surface area contributed by atoms with E-state index in [0.29, 0.717) is 5.56 Å². The first-order valence-electron chi connectivity index (χ1n) is 4.06. The molecule has 0 bridgehead atoms. The molecule has 0 spiro atoms. The van der Waals surface area contributed by atoms with E-state index in [1.54, 1.807) is 12.1 Å². The molecule has 72 valence electrons. The molecule has 1 amide bonds. The maximum Gasteiger partial charge on any atom is 0.252 e. The standard InChI is InChI=1S/C10H9BrN2O/c1-7-4-8(6-9(11)5-7)10(14)13-3-2-12/h4-6H,3H2,1H3,(H,13,14). The minimum absolute atomic E-state index is 0.0321. The van der Waals surface area contributed by atoms with Gasteiger partial charge in [-0.1, -0.05) is 15.9 Å². The summed E-state index contributed by atoms with van der Waals surface area (Å²) >= 11 is 3.30. The van der Waals surface area contributed by atoms with E-state index >= 15 is 0 Å². The Morgan fingerprint density at radius 1 is 1.57 bits per heavy atom. The number of benzene rings is 1. The Hall–Kier alpha value is -1.34. The van der Waals surface area contributed by atoms with Crippen molar-refractivity contribution >= 4 is 21.8 Å². The Morgan fingerprint density at radius 3 is 2.86 bits per heavy atom. The third kappa shape index (κ3) is 2.86. The molecule has 0 unspecified atom stereocenters. The topological polar surface area (TPSA) is 52.9 Å². The van der Waals surface area contributed by atoms with Crippen molar-refractivity contribution in [2.75, 3.05) is 6.54 Å². The number of carbonyl (C=O) groups excluding carboxylic acids is 1. The largest absolute Gasteiger partial charge is 0.339 e.